The van der Waals surface area contributed by atoms with Crippen LogP contribution in [0.1, 0.15) is 58.8 Å². The normalized spacial score (nSPS) is 25.4. The molecule has 0 radical (unpaired) electrons. The van der Waals surface area contributed by atoms with Gasteiger partial charge in [0.2, 0.25) is 5.91 Å². The number of aliphatic hydroxyl groups is 1. The van der Waals surface area contributed by atoms with E-state index in [9.17, 15) is 9.90 Å². The summed E-state index contributed by atoms with van der Waals surface area (Å²) in [7, 11) is 0. The van der Waals surface area contributed by atoms with E-state index in [-0.39, 0.29) is 18.1 Å². The summed E-state index contributed by atoms with van der Waals surface area (Å²) in [4.78, 5) is 17.1. The lowest BCUT2D eigenvalue weighted by molar-refractivity contribution is -0.137. The Morgan fingerprint density at radius 2 is 1.67 bits per heavy atom. The first kappa shape index (κ1) is 16.8. The number of amides is 1. The molecule has 1 amide bonds. The molecule has 1 atom stereocenters. The molecular formula is C17H32N2O2. The molecule has 2 aliphatic heterocycles. The number of nitrogens with zero attached hydrogens (tertiary/aromatic N) is 2. The first-order valence-electron chi connectivity index (χ1n) is 8.75. The number of rotatable bonds is 4. The lowest BCUT2D eigenvalue weighted by Crippen LogP contribution is -2.52. The van der Waals surface area contributed by atoms with Crippen LogP contribution >= 0.6 is 0 Å². The molecular weight excluding hydrogens is 264 g/mol. The third-order valence-corrected chi connectivity index (χ3v) is 5.77. The van der Waals surface area contributed by atoms with E-state index in [4.69, 9.17) is 0 Å². The molecule has 4 heteroatoms. The highest BCUT2D eigenvalue weighted by atomic mass is 16.3. The van der Waals surface area contributed by atoms with Gasteiger partial charge in [-0.15, -0.1) is 0 Å². The smallest absolute Gasteiger partial charge is 0.239 e. The van der Waals surface area contributed by atoms with E-state index in [2.05, 4.69) is 23.6 Å². The molecule has 0 spiro atoms. The number of carbonyl (C=O) groups is 1. The van der Waals surface area contributed by atoms with Crippen molar-refractivity contribution < 1.29 is 9.90 Å². The summed E-state index contributed by atoms with van der Waals surface area (Å²) in [6.45, 7) is 8.26. The van der Waals surface area contributed by atoms with Crippen molar-refractivity contribution in [2.75, 3.05) is 32.8 Å². The van der Waals surface area contributed by atoms with E-state index in [0.717, 1.165) is 58.3 Å². The van der Waals surface area contributed by atoms with Crippen molar-refractivity contribution >= 4 is 5.91 Å². The summed E-state index contributed by atoms with van der Waals surface area (Å²) in [5.41, 5.74) is 0.0991. The maximum Gasteiger partial charge on any atom is 0.239 e. The Bertz CT molecular complexity index is 324. The third-order valence-electron chi connectivity index (χ3n) is 5.77. The minimum absolute atomic E-state index is 0.00310. The van der Waals surface area contributed by atoms with Crippen molar-refractivity contribution in [2.24, 2.45) is 5.41 Å². The highest BCUT2D eigenvalue weighted by molar-refractivity contribution is 5.81. The highest BCUT2D eigenvalue weighted by Gasteiger charge is 2.36. The molecule has 0 aromatic heterocycles. The average molecular weight is 296 g/mol. The van der Waals surface area contributed by atoms with Crippen molar-refractivity contribution in [3.63, 3.8) is 0 Å². The minimum Gasteiger partial charge on any atom is -0.396 e. The first-order valence-corrected chi connectivity index (χ1v) is 8.75. The van der Waals surface area contributed by atoms with Crippen molar-refractivity contribution in [1.29, 1.82) is 0 Å². The number of hydrogen-bond acceptors (Lipinski definition) is 3. The summed E-state index contributed by atoms with van der Waals surface area (Å²) < 4.78 is 0. The molecule has 1 N–H and O–H groups in total. The molecule has 0 bridgehead atoms. The Kier molecular flexibility index (Phi) is 6.06. The largest absolute Gasteiger partial charge is 0.396 e. The van der Waals surface area contributed by atoms with E-state index in [0.29, 0.717) is 5.91 Å². The molecule has 122 valence electrons. The summed E-state index contributed by atoms with van der Waals surface area (Å²) in [6, 6.07) is -0.00310. The van der Waals surface area contributed by atoms with E-state index in [1.165, 1.54) is 12.8 Å². The zero-order valence-corrected chi connectivity index (χ0v) is 13.8. The lowest BCUT2D eigenvalue weighted by atomic mass is 9.76. The molecule has 0 aromatic carbocycles. The Hall–Kier alpha value is -0.610. The van der Waals surface area contributed by atoms with Crippen LogP contribution in [-0.4, -0.2) is 59.6 Å². The summed E-state index contributed by atoms with van der Waals surface area (Å²) in [5, 5.41) is 9.62. The van der Waals surface area contributed by atoms with Gasteiger partial charge in [0.05, 0.1) is 6.04 Å². The molecule has 4 nitrogen and oxygen atoms in total. The first-order chi connectivity index (χ1) is 10.1. The maximum atomic E-state index is 12.7. The zero-order valence-electron chi connectivity index (χ0n) is 13.8. The second kappa shape index (κ2) is 7.59. The van der Waals surface area contributed by atoms with Gasteiger partial charge in [-0.05, 0) is 57.5 Å². The third kappa shape index (κ3) is 3.98. The molecule has 0 aromatic rings. The molecule has 2 fully saturated rings. The van der Waals surface area contributed by atoms with Gasteiger partial charge < -0.3 is 10.0 Å². The van der Waals surface area contributed by atoms with Crippen LogP contribution in [0.4, 0.5) is 0 Å². The average Bonchev–Trinajstić information content (AvgIpc) is 2.83. The van der Waals surface area contributed by atoms with Crippen LogP contribution in [0.3, 0.4) is 0 Å². The molecule has 1 unspecified atom stereocenters. The Morgan fingerprint density at radius 1 is 1.10 bits per heavy atom. The van der Waals surface area contributed by atoms with Gasteiger partial charge in [0, 0.05) is 19.7 Å². The van der Waals surface area contributed by atoms with Crippen LogP contribution in [0.15, 0.2) is 0 Å². The van der Waals surface area contributed by atoms with E-state index < -0.39 is 0 Å². The van der Waals surface area contributed by atoms with E-state index in [1.54, 1.807) is 0 Å². The Labute approximate surface area is 129 Å². The van der Waals surface area contributed by atoms with Gasteiger partial charge in [-0.2, -0.15) is 0 Å². The zero-order chi connectivity index (χ0) is 15.3. The van der Waals surface area contributed by atoms with Crippen LogP contribution in [0.25, 0.3) is 0 Å². The fourth-order valence-electron chi connectivity index (χ4n) is 3.72. The van der Waals surface area contributed by atoms with Crippen molar-refractivity contribution in [3.05, 3.63) is 0 Å². The van der Waals surface area contributed by atoms with Crippen LogP contribution < -0.4 is 0 Å². The summed E-state index contributed by atoms with van der Waals surface area (Å²) >= 11 is 0. The van der Waals surface area contributed by atoms with Gasteiger partial charge in [0.25, 0.3) is 0 Å². The predicted octanol–water partition coefficient (Wildman–Crippen LogP) is 2.26. The van der Waals surface area contributed by atoms with Gasteiger partial charge in [-0.1, -0.05) is 19.8 Å². The lowest BCUT2D eigenvalue weighted by Gasteiger charge is -2.42. The fourth-order valence-corrected chi connectivity index (χ4v) is 3.72. The predicted molar refractivity (Wildman–Crippen MR) is 85.1 cm³/mol. The van der Waals surface area contributed by atoms with Crippen molar-refractivity contribution in [3.8, 4) is 0 Å². The van der Waals surface area contributed by atoms with Crippen LogP contribution in [0.5, 0.6) is 0 Å². The maximum absolute atomic E-state index is 12.7. The number of piperidine rings is 1. The molecule has 21 heavy (non-hydrogen) atoms. The number of hydrogen-bond donors (Lipinski definition) is 1. The molecule has 2 aliphatic rings. The fraction of sp³-hybridized carbons (Fsp3) is 0.941. The van der Waals surface area contributed by atoms with Gasteiger partial charge in [-0.25, -0.2) is 0 Å². The summed E-state index contributed by atoms with van der Waals surface area (Å²) in [5.74, 6) is 0.310. The van der Waals surface area contributed by atoms with Crippen LogP contribution in [-0.2, 0) is 4.79 Å². The van der Waals surface area contributed by atoms with E-state index in [1.807, 2.05) is 0 Å². The quantitative estimate of drug-likeness (QED) is 0.865. The van der Waals surface area contributed by atoms with Gasteiger partial charge >= 0.3 is 0 Å². The standard InChI is InChI=1S/C17H32N2O2/c1-3-17(14-20)8-12-18(13-9-17)15(2)16(21)19-10-6-4-5-7-11-19/h15,20H,3-14H2,1-2H3. The molecule has 0 aliphatic carbocycles. The van der Waals surface area contributed by atoms with Gasteiger partial charge in [-0.3, -0.25) is 9.69 Å². The minimum atomic E-state index is -0.00310. The number of carbonyl (C=O) groups excluding carboxylic acids is 1. The monoisotopic (exact) mass is 296 g/mol. The summed E-state index contributed by atoms with van der Waals surface area (Å²) in [6.07, 6.45) is 7.89. The van der Waals surface area contributed by atoms with Gasteiger partial charge in [0.15, 0.2) is 0 Å². The molecule has 0 saturated carbocycles. The van der Waals surface area contributed by atoms with Gasteiger partial charge in [0.1, 0.15) is 0 Å². The number of aliphatic hydroxyl groups excluding tert-OH is 1. The van der Waals surface area contributed by atoms with Crippen molar-refractivity contribution in [2.45, 2.75) is 64.8 Å². The van der Waals surface area contributed by atoms with Crippen LogP contribution in [0, 0.1) is 5.41 Å². The van der Waals surface area contributed by atoms with Crippen molar-refractivity contribution in [1.82, 2.24) is 9.80 Å². The Morgan fingerprint density at radius 3 is 2.14 bits per heavy atom. The molecule has 2 rings (SSSR count). The van der Waals surface area contributed by atoms with Crippen LogP contribution in [0.2, 0.25) is 0 Å². The second-order valence-electron chi connectivity index (χ2n) is 6.96. The number of likely N-dealkylation sites (tertiary alicyclic amines) is 2. The SMILES string of the molecule is CCC1(CO)CCN(C(C)C(=O)N2CCCCCC2)CC1. The highest BCUT2D eigenvalue weighted by Crippen LogP contribution is 2.34. The Balaban J connectivity index is 1.88. The van der Waals surface area contributed by atoms with E-state index >= 15 is 0 Å². The topological polar surface area (TPSA) is 43.8 Å². The molecule has 2 heterocycles. The second-order valence-corrected chi connectivity index (χ2v) is 6.96. The molecule has 2 saturated heterocycles.